The molecule has 0 aliphatic rings. The van der Waals surface area contributed by atoms with Crippen molar-refractivity contribution in [1.29, 1.82) is 0 Å². The van der Waals surface area contributed by atoms with Gasteiger partial charge in [-0.2, -0.15) is 21.0 Å². The van der Waals surface area contributed by atoms with Crippen LogP contribution in [0.25, 0.3) is 0 Å². The molecule has 16 heavy (non-hydrogen) atoms. The fourth-order valence-electron chi connectivity index (χ4n) is 1.25. The molecule has 0 aliphatic carbocycles. The van der Waals surface area contributed by atoms with Crippen LogP contribution in [0.1, 0.15) is 11.7 Å². The van der Waals surface area contributed by atoms with Crippen molar-refractivity contribution >= 4 is 22.9 Å². The molecular formula is C9H11FO4S2. The lowest BCUT2D eigenvalue weighted by Crippen LogP contribution is -2.21. The molecule has 0 amide bonds. The second-order valence-corrected chi connectivity index (χ2v) is 4.85. The van der Waals surface area contributed by atoms with Gasteiger partial charge in [-0.3, -0.25) is 0 Å². The normalized spacial score (nSPS) is 15.8. The van der Waals surface area contributed by atoms with Gasteiger partial charge in [-0.15, -0.1) is 3.89 Å². The summed E-state index contributed by atoms with van der Waals surface area (Å²) < 4.78 is 34.5. The van der Waals surface area contributed by atoms with Crippen molar-refractivity contribution < 1.29 is 22.5 Å². The van der Waals surface area contributed by atoms with E-state index < -0.39 is 27.3 Å². The van der Waals surface area contributed by atoms with Gasteiger partial charge in [0.05, 0.1) is 6.10 Å². The number of hydrogen-bond acceptors (Lipinski definition) is 5. The van der Waals surface area contributed by atoms with Gasteiger partial charge < -0.3 is 10.2 Å². The third-order valence-electron chi connectivity index (χ3n) is 2.05. The SMILES string of the molecule is O=S(=O)(F)c1ccccc1C(O)C(O)CS. The molecule has 0 fully saturated rings. The van der Waals surface area contributed by atoms with Gasteiger partial charge in [-0.25, -0.2) is 0 Å². The first-order valence-corrected chi connectivity index (χ1v) is 6.40. The molecule has 0 heterocycles. The molecular weight excluding hydrogens is 255 g/mol. The van der Waals surface area contributed by atoms with Gasteiger partial charge in [-0.05, 0) is 6.07 Å². The number of thiol groups is 1. The summed E-state index contributed by atoms with van der Waals surface area (Å²) in [5, 5.41) is 18.9. The third-order valence-corrected chi connectivity index (χ3v) is 3.32. The Bertz CT molecular complexity index is 460. The van der Waals surface area contributed by atoms with Crippen LogP contribution in [0.5, 0.6) is 0 Å². The molecule has 4 nitrogen and oxygen atoms in total. The first kappa shape index (κ1) is 13.4. The maximum atomic E-state index is 12.9. The topological polar surface area (TPSA) is 74.6 Å². The minimum atomic E-state index is -4.92. The van der Waals surface area contributed by atoms with E-state index in [1.165, 1.54) is 18.2 Å². The smallest absolute Gasteiger partial charge is 0.332 e. The van der Waals surface area contributed by atoms with Crippen LogP contribution >= 0.6 is 12.6 Å². The largest absolute Gasteiger partial charge is 0.389 e. The van der Waals surface area contributed by atoms with Gasteiger partial charge in [0, 0.05) is 11.3 Å². The van der Waals surface area contributed by atoms with E-state index >= 15 is 0 Å². The lowest BCUT2D eigenvalue weighted by atomic mass is 10.1. The summed E-state index contributed by atoms with van der Waals surface area (Å²) in [7, 11) is -4.92. The van der Waals surface area contributed by atoms with E-state index in [2.05, 4.69) is 12.6 Å². The summed E-state index contributed by atoms with van der Waals surface area (Å²) in [5.74, 6) is -0.0676. The molecule has 90 valence electrons. The van der Waals surface area contributed by atoms with Gasteiger partial charge in [0.25, 0.3) is 0 Å². The van der Waals surface area contributed by atoms with Crippen molar-refractivity contribution in [3.8, 4) is 0 Å². The molecule has 0 aromatic heterocycles. The lowest BCUT2D eigenvalue weighted by Gasteiger charge is -2.17. The van der Waals surface area contributed by atoms with Crippen LogP contribution < -0.4 is 0 Å². The van der Waals surface area contributed by atoms with Crippen molar-refractivity contribution in [2.45, 2.75) is 17.1 Å². The Morgan fingerprint density at radius 2 is 1.88 bits per heavy atom. The quantitative estimate of drug-likeness (QED) is 0.553. The Kier molecular flexibility index (Phi) is 4.31. The Balaban J connectivity index is 3.24. The molecule has 0 aliphatic heterocycles. The van der Waals surface area contributed by atoms with E-state index in [1.54, 1.807) is 0 Å². The Labute approximate surface area is 98.4 Å². The average Bonchev–Trinajstić information content (AvgIpc) is 2.26. The molecule has 0 spiro atoms. The minimum Gasteiger partial charge on any atom is -0.389 e. The van der Waals surface area contributed by atoms with Crippen molar-refractivity contribution in [2.75, 3.05) is 5.75 Å². The number of aliphatic hydroxyl groups is 2. The van der Waals surface area contributed by atoms with Gasteiger partial charge in [-0.1, -0.05) is 18.2 Å². The minimum absolute atomic E-state index is 0.0676. The highest BCUT2D eigenvalue weighted by Crippen LogP contribution is 2.26. The van der Waals surface area contributed by atoms with Gasteiger partial charge in [0.15, 0.2) is 0 Å². The number of aliphatic hydroxyl groups excluding tert-OH is 2. The van der Waals surface area contributed by atoms with E-state index in [-0.39, 0.29) is 11.3 Å². The van der Waals surface area contributed by atoms with Crippen LogP contribution in [0.4, 0.5) is 3.89 Å². The van der Waals surface area contributed by atoms with Gasteiger partial charge >= 0.3 is 10.2 Å². The Morgan fingerprint density at radius 1 is 1.31 bits per heavy atom. The Morgan fingerprint density at radius 3 is 2.38 bits per heavy atom. The summed E-state index contributed by atoms with van der Waals surface area (Å²) >= 11 is 3.76. The molecule has 0 bridgehead atoms. The molecule has 1 aromatic rings. The van der Waals surface area contributed by atoms with Crippen LogP contribution in [0.2, 0.25) is 0 Å². The summed E-state index contributed by atoms with van der Waals surface area (Å²) in [6.45, 7) is 0. The maximum absolute atomic E-state index is 12.9. The molecule has 7 heteroatoms. The number of rotatable bonds is 4. The van der Waals surface area contributed by atoms with Crippen LogP contribution in [-0.4, -0.2) is 30.5 Å². The maximum Gasteiger partial charge on any atom is 0.332 e. The molecule has 2 atom stereocenters. The zero-order valence-electron chi connectivity index (χ0n) is 8.12. The van der Waals surface area contributed by atoms with Crippen LogP contribution in [0.15, 0.2) is 29.2 Å². The van der Waals surface area contributed by atoms with Crippen molar-refractivity contribution in [3.63, 3.8) is 0 Å². The Hall–Kier alpha value is -0.630. The fourth-order valence-corrected chi connectivity index (χ4v) is 2.17. The summed E-state index contributed by atoms with van der Waals surface area (Å²) in [6.07, 6.45) is -2.74. The lowest BCUT2D eigenvalue weighted by molar-refractivity contribution is 0.0320. The van der Waals surface area contributed by atoms with Crippen LogP contribution in [0, 0.1) is 0 Å². The van der Waals surface area contributed by atoms with Crippen molar-refractivity contribution in [1.82, 2.24) is 0 Å². The van der Waals surface area contributed by atoms with Crippen molar-refractivity contribution in [3.05, 3.63) is 29.8 Å². The highest BCUT2D eigenvalue weighted by Gasteiger charge is 2.25. The summed E-state index contributed by atoms with van der Waals surface area (Å²) in [6, 6.07) is 5.04. The summed E-state index contributed by atoms with van der Waals surface area (Å²) in [4.78, 5) is -0.636. The molecule has 2 unspecified atom stereocenters. The van der Waals surface area contributed by atoms with Crippen molar-refractivity contribution in [2.24, 2.45) is 0 Å². The molecule has 1 rings (SSSR count). The summed E-state index contributed by atoms with van der Waals surface area (Å²) in [5.41, 5.74) is -0.174. The van der Waals surface area contributed by atoms with E-state index in [9.17, 15) is 22.5 Å². The first-order chi connectivity index (χ1) is 7.38. The zero-order chi connectivity index (χ0) is 12.3. The monoisotopic (exact) mass is 266 g/mol. The highest BCUT2D eigenvalue weighted by atomic mass is 32.3. The first-order valence-electron chi connectivity index (χ1n) is 4.38. The number of hydrogen-bond donors (Lipinski definition) is 3. The van der Waals surface area contributed by atoms with Gasteiger partial charge in [0.2, 0.25) is 0 Å². The highest BCUT2D eigenvalue weighted by molar-refractivity contribution is 7.86. The number of halogens is 1. The molecule has 2 N–H and O–H groups in total. The number of benzene rings is 1. The molecule has 0 radical (unpaired) electrons. The van der Waals surface area contributed by atoms with Crippen LogP contribution in [-0.2, 0) is 10.2 Å². The average molecular weight is 266 g/mol. The molecule has 0 saturated carbocycles. The molecule has 1 aromatic carbocycles. The van der Waals surface area contributed by atoms with Crippen LogP contribution in [0.3, 0.4) is 0 Å². The van der Waals surface area contributed by atoms with E-state index in [1.807, 2.05) is 0 Å². The fraction of sp³-hybridized carbons (Fsp3) is 0.333. The third kappa shape index (κ3) is 2.94. The van der Waals surface area contributed by atoms with E-state index in [0.717, 1.165) is 6.07 Å². The standard InChI is InChI=1S/C9H11FO4S2/c10-16(13,14)8-4-2-1-3-6(8)9(12)7(11)5-15/h1-4,7,9,11-12,15H,5H2. The second-order valence-electron chi connectivity index (χ2n) is 3.17. The second kappa shape index (κ2) is 5.13. The molecule has 0 saturated heterocycles. The predicted molar refractivity (Wildman–Crippen MR) is 59.6 cm³/mol. The van der Waals surface area contributed by atoms with E-state index in [0.29, 0.717) is 0 Å². The zero-order valence-corrected chi connectivity index (χ0v) is 9.83. The van der Waals surface area contributed by atoms with Gasteiger partial charge in [0.1, 0.15) is 11.0 Å². The predicted octanol–water partition coefficient (Wildman–Crippen LogP) is 0.669. The van der Waals surface area contributed by atoms with E-state index in [4.69, 9.17) is 0 Å².